The number of H-pyrrole nitrogens is 1. The van der Waals surface area contributed by atoms with Crippen LogP contribution in [0.3, 0.4) is 0 Å². The zero-order chi connectivity index (χ0) is 16.5. The summed E-state index contributed by atoms with van der Waals surface area (Å²) in [5.41, 5.74) is -1.09. The number of aromatic amines is 1. The molecule has 10 nitrogen and oxygen atoms in total. The Balaban J connectivity index is 2.28. The number of nitrogens with zero attached hydrogens (tertiary/aromatic N) is 2. The van der Waals surface area contributed by atoms with Crippen LogP contribution in [-0.2, 0) is 19.6 Å². The first-order valence-corrected chi connectivity index (χ1v) is 7.93. The van der Waals surface area contributed by atoms with E-state index in [0.29, 0.717) is 0 Å². The van der Waals surface area contributed by atoms with Crippen molar-refractivity contribution in [3.8, 4) is 0 Å². The minimum atomic E-state index is -3.87. The highest BCUT2D eigenvalue weighted by atomic mass is 32.2. The first-order valence-electron chi connectivity index (χ1n) is 6.32. The fourth-order valence-corrected chi connectivity index (χ4v) is 2.71. The first-order chi connectivity index (χ1) is 10.2. The molecule has 1 atom stereocenters. The molecule has 2 heterocycles. The fourth-order valence-electron chi connectivity index (χ4n) is 1.98. The minimum Gasteiger partial charge on any atom is -0.462 e. The Kier molecular flexibility index (Phi) is 4.28. The number of hydrogen-bond donors (Lipinski definition) is 2. The van der Waals surface area contributed by atoms with Crippen LogP contribution in [-0.4, -0.2) is 48.7 Å². The summed E-state index contributed by atoms with van der Waals surface area (Å²) in [4.78, 5) is 42.2. The maximum Gasteiger partial charge on any atom is 0.345 e. The second kappa shape index (κ2) is 5.85. The molecule has 1 aliphatic rings. The molecular formula is C11H14N4O6S. The lowest BCUT2D eigenvalue weighted by Gasteiger charge is -2.14. The van der Waals surface area contributed by atoms with Gasteiger partial charge in [0.1, 0.15) is 10.8 Å². The number of esters is 1. The van der Waals surface area contributed by atoms with Crippen molar-refractivity contribution in [3.63, 3.8) is 0 Å². The van der Waals surface area contributed by atoms with E-state index in [1.165, 1.54) is 0 Å². The molecule has 1 aromatic heterocycles. The largest absolute Gasteiger partial charge is 0.462 e. The Morgan fingerprint density at radius 2 is 2.23 bits per heavy atom. The number of carbonyl (C=O) groups excluding carboxylic acids is 2. The van der Waals surface area contributed by atoms with E-state index in [1.807, 2.05) is 0 Å². The standard InChI is InChI=1S/C11H14N4O6S/c1-2-21-10(18)7-4-13-11(14-9(7)17)15-5-6(3-8(15)16)22(12,19)20/h4,6H,2-3,5H2,1H3,(H2,12,19,20)(H,13,14,17). The molecule has 0 aromatic carbocycles. The van der Waals surface area contributed by atoms with Crippen LogP contribution in [0.2, 0.25) is 0 Å². The Hall–Kier alpha value is -2.27. The molecule has 1 aliphatic heterocycles. The molecule has 0 spiro atoms. The predicted molar refractivity (Wildman–Crippen MR) is 74.7 cm³/mol. The van der Waals surface area contributed by atoms with E-state index in [1.54, 1.807) is 6.92 Å². The van der Waals surface area contributed by atoms with E-state index in [0.717, 1.165) is 11.1 Å². The summed E-state index contributed by atoms with van der Waals surface area (Å²) < 4.78 is 27.2. The van der Waals surface area contributed by atoms with Crippen LogP contribution in [0, 0.1) is 0 Å². The lowest BCUT2D eigenvalue weighted by atomic mass is 10.3. The van der Waals surface area contributed by atoms with Crippen LogP contribution in [0.4, 0.5) is 5.95 Å². The van der Waals surface area contributed by atoms with E-state index in [-0.39, 0.29) is 31.1 Å². The number of primary sulfonamides is 1. The lowest BCUT2D eigenvalue weighted by Crippen LogP contribution is -2.34. The highest BCUT2D eigenvalue weighted by molar-refractivity contribution is 7.89. The molecule has 1 unspecified atom stereocenters. The molecule has 2 rings (SSSR count). The van der Waals surface area contributed by atoms with E-state index in [4.69, 9.17) is 5.14 Å². The number of carbonyl (C=O) groups is 2. The van der Waals surface area contributed by atoms with Crippen LogP contribution in [0.5, 0.6) is 0 Å². The zero-order valence-corrected chi connectivity index (χ0v) is 12.4. The third-order valence-corrected chi connectivity index (χ3v) is 4.34. The number of nitrogens with two attached hydrogens (primary N) is 1. The Morgan fingerprint density at radius 1 is 1.55 bits per heavy atom. The monoisotopic (exact) mass is 330 g/mol. The highest BCUT2D eigenvalue weighted by Gasteiger charge is 2.38. The maximum atomic E-state index is 11.8. The summed E-state index contributed by atoms with van der Waals surface area (Å²) >= 11 is 0. The Morgan fingerprint density at radius 3 is 2.73 bits per heavy atom. The lowest BCUT2D eigenvalue weighted by molar-refractivity contribution is -0.117. The van der Waals surface area contributed by atoms with Crippen molar-refractivity contribution in [2.75, 3.05) is 18.1 Å². The first kappa shape index (κ1) is 16.1. The second-order valence-electron chi connectivity index (χ2n) is 4.59. The molecule has 1 amide bonds. The van der Waals surface area contributed by atoms with Crippen molar-refractivity contribution in [3.05, 3.63) is 22.1 Å². The number of amides is 1. The molecule has 1 fully saturated rings. The van der Waals surface area contributed by atoms with Crippen molar-refractivity contribution in [2.45, 2.75) is 18.6 Å². The summed E-state index contributed by atoms with van der Waals surface area (Å²) in [6.45, 7) is 1.48. The molecule has 1 saturated heterocycles. The number of sulfonamides is 1. The zero-order valence-electron chi connectivity index (χ0n) is 11.6. The average Bonchev–Trinajstić information content (AvgIpc) is 2.81. The van der Waals surface area contributed by atoms with Crippen LogP contribution in [0.25, 0.3) is 0 Å². The van der Waals surface area contributed by atoms with Crippen molar-refractivity contribution in [2.24, 2.45) is 5.14 Å². The minimum absolute atomic E-state index is 0.0979. The fraction of sp³-hybridized carbons (Fsp3) is 0.455. The van der Waals surface area contributed by atoms with Gasteiger partial charge in [-0.1, -0.05) is 0 Å². The third kappa shape index (κ3) is 3.14. The van der Waals surface area contributed by atoms with E-state index < -0.39 is 32.7 Å². The normalized spacial score (nSPS) is 18.5. The van der Waals surface area contributed by atoms with Crippen LogP contribution in [0.15, 0.2) is 11.0 Å². The predicted octanol–water partition coefficient (Wildman–Crippen LogP) is -1.66. The van der Waals surface area contributed by atoms with Gasteiger partial charge in [0.2, 0.25) is 21.9 Å². The van der Waals surface area contributed by atoms with E-state index in [2.05, 4.69) is 14.7 Å². The summed E-state index contributed by atoms with van der Waals surface area (Å²) in [5, 5.41) is 3.95. The van der Waals surface area contributed by atoms with E-state index in [9.17, 15) is 22.8 Å². The number of hydrogen-bond acceptors (Lipinski definition) is 7. The smallest absolute Gasteiger partial charge is 0.345 e. The quantitative estimate of drug-likeness (QED) is 0.626. The summed E-state index contributed by atoms with van der Waals surface area (Å²) in [6, 6.07) is 0. The van der Waals surface area contributed by atoms with Crippen LogP contribution in [0.1, 0.15) is 23.7 Å². The maximum absolute atomic E-state index is 11.8. The molecule has 0 bridgehead atoms. The Bertz CT molecular complexity index is 771. The summed E-state index contributed by atoms with van der Waals surface area (Å²) in [7, 11) is -3.87. The molecule has 1 aromatic rings. The van der Waals surface area contributed by atoms with Gasteiger partial charge < -0.3 is 4.74 Å². The van der Waals surface area contributed by atoms with E-state index >= 15 is 0 Å². The molecule has 11 heteroatoms. The van der Waals surface area contributed by atoms with Crippen LogP contribution < -0.4 is 15.6 Å². The average molecular weight is 330 g/mol. The van der Waals surface area contributed by atoms with Gasteiger partial charge in [-0.25, -0.2) is 23.3 Å². The summed E-state index contributed by atoms with van der Waals surface area (Å²) in [5.74, 6) is -1.52. The summed E-state index contributed by atoms with van der Waals surface area (Å²) in [6.07, 6.45) is 0.686. The van der Waals surface area contributed by atoms with Crippen molar-refractivity contribution in [1.29, 1.82) is 0 Å². The van der Waals surface area contributed by atoms with Crippen LogP contribution >= 0.6 is 0 Å². The second-order valence-corrected chi connectivity index (χ2v) is 6.43. The number of nitrogens with one attached hydrogen (secondary N) is 1. The molecular weight excluding hydrogens is 316 g/mol. The van der Waals surface area contributed by atoms with Gasteiger partial charge in [0.15, 0.2) is 0 Å². The van der Waals surface area contributed by atoms with Gasteiger partial charge in [-0.15, -0.1) is 0 Å². The van der Waals surface area contributed by atoms with Gasteiger partial charge in [-0.05, 0) is 6.92 Å². The van der Waals surface area contributed by atoms with Crippen molar-refractivity contribution >= 4 is 27.8 Å². The van der Waals surface area contributed by atoms with Gasteiger partial charge in [0.05, 0.1) is 12.8 Å². The molecule has 3 N–H and O–H groups in total. The highest BCUT2D eigenvalue weighted by Crippen LogP contribution is 2.20. The SMILES string of the molecule is CCOC(=O)c1cnc(N2CC(S(N)(=O)=O)CC2=O)[nH]c1=O. The van der Waals surface area contributed by atoms with Crippen molar-refractivity contribution in [1.82, 2.24) is 9.97 Å². The Labute approximate surface area is 125 Å². The molecule has 0 radical (unpaired) electrons. The number of aromatic nitrogens is 2. The number of anilines is 1. The van der Waals surface area contributed by atoms with Gasteiger partial charge in [0, 0.05) is 13.0 Å². The molecule has 0 aliphatic carbocycles. The topological polar surface area (TPSA) is 153 Å². The molecule has 22 heavy (non-hydrogen) atoms. The number of ether oxygens (including phenoxy) is 1. The van der Waals surface area contributed by atoms with Crippen molar-refractivity contribution < 1.29 is 22.7 Å². The van der Waals surface area contributed by atoms with Gasteiger partial charge >= 0.3 is 5.97 Å². The molecule has 0 saturated carbocycles. The number of rotatable bonds is 4. The molecule has 120 valence electrons. The van der Waals surface area contributed by atoms with Gasteiger partial charge in [0.25, 0.3) is 5.56 Å². The van der Waals surface area contributed by atoms with Gasteiger partial charge in [-0.3, -0.25) is 19.5 Å². The van der Waals surface area contributed by atoms with Gasteiger partial charge in [-0.2, -0.15) is 0 Å². The third-order valence-electron chi connectivity index (χ3n) is 3.09.